The maximum atomic E-state index is 11.0. The minimum Gasteiger partial charge on any atom is -0.385 e. The Morgan fingerprint density at radius 3 is 2.46 bits per heavy atom. The number of methoxy groups -OCH3 is 1. The molecule has 0 aliphatic heterocycles. The number of hydrogen-bond acceptors (Lipinski definition) is 4. The molecule has 0 rings (SSSR count). The van der Waals surface area contributed by atoms with Crippen LogP contribution in [-0.2, 0) is 14.6 Å². The lowest BCUT2D eigenvalue weighted by Crippen LogP contribution is -2.36. The van der Waals surface area contributed by atoms with Gasteiger partial charge in [-0.2, -0.15) is 0 Å². The molecule has 1 unspecified atom stereocenters. The highest BCUT2D eigenvalue weighted by molar-refractivity contribution is 7.90. The SMILES string of the molecule is CCNC(CCOC)CS(C)(=O)=O. The van der Waals surface area contributed by atoms with E-state index in [0.29, 0.717) is 6.61 Å². The van der Waals surface area contributed by atoms with Crippen LogP contribution in [0.3, 0.4) is 0 Å². The summed E-state index contributed by atoms with van der Waals surface area (Å²) in [6.45, 7) is 3.33. The number of rotatable bonds is 7. The fraction of sp³-hybridized carbons (Fsp3) is 1.00. The van der Waals surface area contributed by atoms with Crippen molar-refractivity contribution in [1.29, 1.82) is 0 Å². The standard InChI is InChI=1S/C8H19NO3S/c1-4-9-8(5-6-12-2)7-13(3,10)11/h8-9H,4-7H2,1-3H3. The van der Waals surface area contributed by atoms with E-state index in [1.54, 1.807) is 7.11 Å². The van der Waals surface area contributed by atoms with Gasteiger partial charge >= 0.3 is 0 Å². The molecule has 0 bridgehead atoms. The van der Waals surface area contributed by atoms with Crippen LogP contribution in [0.4, 0.5) is 0 Å². The number of hydrogen-bond donors (Lipinski definition) is 1. The summed E-state index contributed by atoms with van der Waals surface area (Å²) in [7, 11) is -1.28. The van der Waals surface area contributed by atoms with Gasteiger partial charge in [-0.25, -0.2) is 8.42 Å². The Hall–Kier alpha value is -0.130. The summed E-state index contributed by atoms with van der Waals surface area (Å²) >= 11 is 0. The molecule has 0 aromatic carbocycles. The van der Waals surface area contributed by atoms with Gasteiger partial charge in [0, 0.05) is 26.0 Å². The van der Waals surface area contributed by atoms with Crippen LogP contribution < -0.4 is 5.32 Å². The van der Waals surface area contributed by atoms with Gasteiger partial charge in [-0.05, 0) is 13.0 Å². The van der Waals surface area contributed by atoms with Crippen LogP contribution in [0.25, 0.3) is 0 Å². The zero-order valence-electron chi connectivity index (χ0n) is 8.54. The smallest absolute Gasteiger partial charge is 0.148 e. The summed E-state index contributed by atoms with van der Waals surface area (Å²) < 4.78 is 26.9. The van der Waals surface area contributed by atoms with Gasteiger partial charge in [-0.3, -0.25) is 0 Å². The fourth-order valence-corrected chi connectivity index (χ4v) is 2.17. The van der Waals surface area contributed by atoms with E-state index in [4.69, 9.17) is 4.74 Å². The summed E-state index contributed by atoms with van der Waals surface area (Å²) in [6.07, 6.45) is 1.99. The highest BCUT2D eigenvalue weighted by Crippen LogP contribution is 1.97. The van der Waals surface area contributed by atoms with Crippen LogP contribution in [0, 0.1) is 0 Å². The maximum absolute atomic E-state index is 11.0. The third-order valence-electron chi connectivity index (χ3n) is 1.67. The second kappa shape index (κ2) is 6.34. The minimum absolute atomic E-state index is 0.0138. The molecular weight excluding hydrogens is 190 g/mol. The molecule has 1 atom stereocenters. The predicted octanol–water partition coefficient (Wildman–Crippen LogP) is 0.0456. The van der Waals surface area contributed by atoms with Gasteiger partial charge in [0.2, 0.25) is 0 Å². The first-order valence-electron chi connectivity index (χ1n) is 4.39. The van der Waals surface area contributed by atoms with Crippen LogP contribution >= 0.6 is 0 Å². The molecule has 0 saturated carbocycles. The van der Waals surface area contributed by atoms with Crippen molar-refractivity contribution in [2.75, 3.05) is 32.3 Å². The molecule has 5 heteroatoms. The molecule has 0 radical (unpaired) electrons. The molecule has 4 nitrogen and oxygen atoms in total. The summed E-state index contributed by atoms with van der Waals surface area (Å²) in [5.41, 5.74) is 0. The fourth-order valence-electron chi connectivity index (χ4n) is 1.16. The average molecular weight is 209 g/mol. The molecule has 0 aliphatic rings. The van der Waals surface area contributed by atoms with Crippen molar-refractivity contribution in [3.8, 4) is 0 Å². The van der Waals surface area contributed by atoms with E-state index in [1.807, 2.05) is 6.92 Å². The van der Waals surface area contributed by atoms with Crippen molar-refractivity contribution in [3.05, 3.63) is 0 Å². The lowest BCUT2D eigenvalue weighted by atomic mass is 10.2. The van der Waals surface area contributed by atoms with Gasteiger partial charge in [0.05, 0.1) is 5.75 Å². The molecule has 0 saturated heterocycles. The van der Waals surface area contributed by atoms with Gasteiger partial charge in [0.1, 0.15) is 9.84 Å². The Bertz CT molecular complexity index is 213. The van der Waals surface area contributed by atoms with Gasteiger partial charge in [-0.15, -0.1) is 0 Å². The lowest BCUT2D eigenvalue weighted by molar-refractivity contribution is 0.185. The second-order valence-electron chi connectivity index (χ2n) is 3.13. The largest absolute Gasteiger partial charge is 0.385 e. The van der Waals surface area contributed by atoms with Gasteiger partial charge in [-0.1, -0.05) is 6.92 Å². The quantitative estimate of drug-likeness (QED) is 0.643. The monoisotopic (exact) mass is 209 g/mol. The number of ether oxygens (including phenoxy) is 1. The second-order valence-corrected chi connectivity index (χ2v) is 5.31. The Balaban J connectivity index is 3.94. The van der Waals surface area contributed by atoms with Crippen LogP contribution in [0.2, 0.25) is 0 Å². The number of nitrogens with one attached hydrogen (secondary N) is 1. The van der Waals surface area contributed by atoms with Gasteiger partial charge in [0.15, 0.2) is 0 Å². The molecular formula is C8H19NO3S. The Morgan fingerprint density at radius 1 is 1.46 bits per heavy atom. The van der Waals surface area contributed by atoms with E-state index < -0.39 is 9.84 Å². The van der Waals surface area contributed by atoms with Crippen molar-refractivity contribution in [1.82, 2.24) is 5.32 Å². The van der Waals surface area contributed by atoms with Crippen LogP contribution in [0.1, 0.15) is 13.3 Å². The van der Waals surface area contributed by atoms with Crippen molar-refractivity contribution < 1.29 is 13.2 Å². The third kappa shape index (κ3) is 8.21. The number of sulfone groups is 1. The van der Waals surface area contributed by atoms with E-state index in [-0.39, 0.29) is 11.8 Å². The summed E-state index contributed by atoms with van der Waals surface area (Å²) in [4.78, 5) is 0. The summed E-state index contributed by atoms with van der Waals surface area (Å²) in [5, 5.41) is 3.11. The minimum atomic E-state index is -2.89. The van der Waals surface area contributed by atoms with E-state index >= 15 is 0 Å². The molecule has 0 aromatic heterocycles. The predicted molar refractivity (Wildman–Crippen MR) is 53.7 cm³/mol. The third-order valence-corrected chi connectivity index (χ3v) is 2.68. The van der Waals surface area contributed by atoms with Gasteiger partial charge < -0.3 is 10.1 Å². The zero-order chi connectivity index (χ0) is 10.3. The molecule has 13 heavy (non-hydrogen) atoms. The lowest BCUT2D eigenvalue weighted by Gasteiger charge is -2.15. The average Bonchev–Trinajstić information content (AvgIpc) is 1.98. The molecule has 0 aliphatic carbocycles. The van der Waals surface area contributed by atoms with E-state index in [0.717, 1.165) is 13.0 Å². The van der Waals surface area contributed by atoms with Crippen molar-refractivity contribution >= 4 is 9.84 Å². The first-order valence-corrected chi connectivity index (χ1v) is 6.45. The van der Waals surface area contributed by atoms with E-state index in [1.165, 1.54) is 6.26 Å². The van der Waals surface area contributed by atoms with Crippen molar-refractivity contribution in [2.45, 2.75) is 19.4 Å². The topological polar surface area (TPSA) is 55.4 Å². The molecule has 0 aromatic rings. The molecule has 0 spiro atoms. The zero-order valence-corrected chi connectivity index (χ0v) is 9.36. The van der Waals surface area contributed by atoms with Crippen LogP contribution in [-0.4, -0.2) is 46.7 Å². The molecule has 0 amide bonds. The van der Waals surface area contributed by atoms with Crippen molar-refractivity contribution in [2.24, 2.45) is 0 Å². The molecule has 0 heterocycles. The van der Waals surface area contributed by atoms with E-state index in [9.17, 15) is 8.42 Å². The summed E-state index contributed by atoms with van der Waals surface area (Å²) in [5.74, 6) is 0.185. The van der Waals surface area contributed by atoms with Crippen LogP contribution in [0.15, 0.2) is 0 Å². The molecule has 1 N–H and O–H groups in total. The highest BCUT2D eigenvalue weighted by Gasteiger charge is 2.13. The van der Waals surface area contributed by atoms with E-state index in [2.05, 4.69) is 5.32 Å². The van der Waals surface area contributed by atoms with Crippen LogP contribution in [0.5, 0.6) is 0 Å². The van der Waals surface area contributed by atoms with Gasteiger partial charge in [0.25, 0.3) is 0 Å². The maximum Gasteiger partial charge on any atom is 0.148 e. The first-order chi connectivity index (χ1) is 5.99. The molecule has 80 valence electrons. The Morgan fingerprint density at radius 2 is 2.08 bits per heavy atom. The molecule has 0 fully saturated rings. The summed E-state index contributed by atoms with van der Waals surface area (Å²) in [6, 6.07) is 0.0138. The van der Waals surface area contributed by atoms with Crippen molar-refractivity contribution in [3.63, 3.8) is 0 Å². The Labute approximate surface area is 80.6 Å². The normalized spacial score (nSPS) is 14.4. The first kappa shape index (κ1) is 12.9. The highest BCUT2D eigenvalue weighted by atomic mass is 32.2. The Kier molecular flexibility index (Phi) is 6.28.